The first-order valence-electron chi connectivity index (χ1n) is 9.21. The van der Waals surface area contributed by atoms with Gasteiger partial charge in [0.1, 0.15) is 0 Å². The molecule has 3 aromatic rings. The molecule has 1 saturated carbocycles. The van der Waals surface area contributed by atoms with E-state index in [-0.39, 0.29) is 12.1 Å². The first-order valence-corrected chi connectivity index (χ1v) is 11.1. The molecular weight excluding hydrogens is 387 g/mol. The number of rotatable bonds is 4. The summed E-state index contributed by atoms with van der Waals surface area (Å²) in [6.07, 6.45) is 4.58. The Morgan fingerprint density at radius 2 is 1.58 bits per heavy atom. The monoisotopic (exact) mass is 410 g/mol. The summed E-state index contributed by atoms with van der Waals surface area (Å²) < 4.78 is 7.38. The fourth-order valence-corrected chi connectivity index (χ4v) is 6.24. The quantitative estimate of drug-likeness (QED) is 0.459. The molecule has 0 spiro atoms. The Bertz CT molecular complexity index is 891. The van der Waals surface area contributed by atoms with Gasteiger partial charge in [-0.1, -0.05) is 0 Å². The molecule has 0 aliphatic heterocycles. The molecule has 2 atom stereocenters. The Hall–Kier alpha value is -2.09. The van der Waals surface area contributed by atoms with Crippen LogP contribution in [0.4, 0.5) is 0 Å². The van der Waals surface area contributed by atoms with E-state index in [4.69, 9.17) is 4.74 Å². The van der Waals surface area contributed by atoms with Crippen molar-refractivity contribution in [2.75, 3.05) is 0 Å². The summed E-state index contributed by atoms with van der Waals surface area (Å²) in [5.74, 6) is -0.184. The molecule has 2 nitrogen and oxygen atoms in total. The fourth-order valence-electron chi connectivity index (χ4n) is 3.53. The van der Waals surface area contributed by atoms with Crippen LogP contribution in [0.2, 0.25) is 4.82 Å². The molecule has 3 heteroatoms. The molecule has 0 bridgehead atoms. The Balaban J connectivity index is 1.48. The second kappa shape index (κ2) is 8.07. The van der Waals surface area contributed by atoms with E-state index in [0.29, 0.717) is 25.3 Å². The van der Waals surface area contributed by atoms with Crippen molar-refractivity contribution >= 4 is 36.2 Å². The van der Waals surface area contributed by atoms with Crippen LogP contribution in [-0.4, -0.2) is 27.0 Å². The van der Waals surface area contributed by atoms with Crippen LogP contribution in [0.3, 0.4) is 0 Å². The van der Waals surface area contributed by atoms with Gasteiger partial charge in [0.05, 0.1) is 0 Å². The van der Waals surface area contributed by atoms with Crippen molar-refractivity contribution in [1.82, 2.24) is 0 Å². The van der Waals surface area contributed by atoms with Gasteiger partial charge in [0.2, 0.25) is 0 Å². The van der Waals surface area contributed by atoms with E-state index in [2.05, 4.69) is 36.4 Å². The van der Waals surface area contributed by atoms with Gasteiger partial charge in [-0.3, -0.25) is 0 Å². The molecule has 0 aromatic heterocycles. The molecule has 2 unspecified atom stereocenters. The van der Waals surface area contributed by atoms with Crippen LogP contribution in [0.25, 0.3) is 10.8 Å². The number of hydrogen-bond acceptors (Lipinski definition) is 2. The zero-order chi connectivity index (χ0) is 17.8. The summed E-state index contributed by atoms with van der Waals surface area (Å²) in [7, 11) is 0. The van der Waals surface area contributed by atoms with E-state index in [1.165, 1.54) is 10.9 Å². The first kappa shape index (κ1) is 17.3. The SMILES string of the molecule is O=C(OC1CCCCC1[Se]c1ccccc1)c1ccc2ccccc2c1. The van der Waals surface area contributed by atoms with E-state index in [9.17, 15) is 4.79 Å². The van der Waals surface area contributed by atoms with E-state index in [1.54, 1.807) is 0 Å². The second-order valence-electron chi connectivity index (χ2n) is 6.76. The fraction of sp³-hybridized carbons (Fsp3) is 0.261. The molecular formula is C23H22O2Se. The molecule has 3 aromatic carbocycles. The Morgan fingerprint density at radius 3 is 2.42 bits per heavy atom. The van der Waals surface area contributed by atoms with Crippen molar-refractivity contribution in [2.24, 2.45) is 0 Å². The standard InChI is InChI=1S/C23H22O2Se/c24-23(19-15-14-17-8-4-5-9-18(17)16-19)25-21-12-6-7-13-22(21)26-20-10-2-1-3-11-20/h1-5,8-11,14-16,21-22H,6-7,12-13H2. The summed E-state index contributed by atoms with van der Waals surface area (Å²) in [4.78, 5) is 13.2. The molecule has 0 amide bonds. The van der Waals surface area contributed by atoms with Gasteiger partial charge in [-0.15, -0.1) is 0 Å². The van der Waals surface area contributed by atoms with Gasteiger partial charge >= 0.3 is 161 Å². The van der Waals surface area contributed by atoms with E-state index in [1.807, 2.05) is 36.4 Å². The van der Waals surface area contributed by atoms with Crippen molar-refractivity contribution in [2.45, 2.75) is 36.6 Å². The predicted octanol–water partition coefficient (Wildman–Crippen LogP) is 4.76. The summed E-state index contributed by atoms with van der Waals surface area (Å²) in [5, 5.41) is 2.22. The minimum atomic E-state index is -0.184. The van der Waals surface area contributed by atoms with Gasteiger partial charge in [-0.05, 0) is 0 Å². The van der Waals surface area contributed by atoms with E-state index in [0.717, 1.165) is 30.0 Å². The summed E-state index contributed by atoms with van der Waals surface area (Å²) in [6.45, 7) is 0. The maximum absolute atomic E-state index is 12.7. The topological polar surface area (TPSA) is 26.3 Å². The van der Waals surface area contributed by atoms with Crippen molar-refractivity contribution in [3.05, 3.63) is 78.4 Å². The minimum absolute atomic E-state index is 0.0444. The molecule has 0 saturated heterocycles. The van der Waals surface area contributed by atoms with E-state index < -0.39 is 0 Å². The number of carbonyl (C=O) groups is 1. The van der Waals surface area contributed by atoms with Gasteiger partial charge in [0.25, 0.3) is 0 Å². The van der Waals surface area contributed by atoms with Crippen LogP contribution in [0.5, 0.6) is 0 Å². The average molecular weight is 409 g/mol. The third kappa shape index (κ3) is 4.00. The van der Waals surface area contributed by atoms with Gasteiger partial charge in [-0.25, -0.2) is 0 Å². The molecule has 1 fully saturated rings. The third-order valence-corrected chi connectivity index (χ3v) is 7.82. The van der Waals surface area contributed by atoms with Crippen LogP contribution in [-0.2, 0) is 4.74 Å². The first-order chi connectivity index (χ1) is 12.8. The number of hydrogen-bond donors (Lipinski definition) is 0. The normalized spacial score (nSPS) is 20.0. The van der Waals surface area contributed by atoms with Crippen LogP contribution >= 0.6 is 0 Å². The zero-order valence-electron chi connectivity index (χ0n) is 14.6. The van der Waals surface area contributed by atoms with Crippen molar-refractivity contribution in [3.8, 4) is 0 Å². The molecule has 1 aliphatic rings. The van der Waals surface area contributed by atoms with Gasteiger partial charge in [0.15, 0.2) is 0 Å². The molecule has 0 N–H and O–H groups in total. The number of benzene rings is 3. The van der Waals surface area contributed by atoms with Crippen LogP contribution in [0.1, 0.15) is 36.0 Å². The van der Waals surface area contributed by atoms with Crippen LogP contribution < -0.4 is 4.46 Å². The van der Waals surface area contributed by atoms with Crippen molar-refractivity contribution < 1.29 is 9.53 Å². The van der Waals surface area contributed by atoms with Crippen molar-refractivity contribution in [3.63, 3.8) is 0 Å². The van der Waals surface area contributed by atoms with Gasteiger partial charge < -0.3 is 0 Å². The number of carbonyl (C=O) groups excluding carboxylic acids is 1. The summed E-state index contributed by atoms with van der Waals surface area (Å²) >= 11 is 0.343. The molecule has 4 rings (SSSR count). The van der Waals surface area contributed by atoms with Gasteiger partial charge in [0, 0.05) is 0 Å². The Morgan fingerprint density at radius 1 is 0.846 bits per heavy atom. The molecule has 0 radical (unpaired) electrons. The maximum atomic E-state index is 12.7. The summed E-state index contributed by atoms with van der Waals surface area (Å²) in [5.41, 5.74) is 0.653. The Kier molecular flexibility index (Phi) is 5.38. The van der Waals surface area contributed by atoms with Crippen LogP contribution in [0.15, 0.2) is 72.8 Å². The molecule has 26 heavy (non-hydrogen) atoms. The third-order valence-electron chi connectivity index (χ3n) is 4.92. The second-order valence-corrected chi connectivity index (χ2v) is 9.51. The average Bonchev–Trinajstić information content (AvgIpc) is 2.70. The predicted molar refractivity (Wildman–Crippen MR) is 107 cm³/mol. The molecule has 0 heterocycles. The number of ether oxygens (including phenoxy) is 1. The zero-order valence-corrected chi connectivity index (χ0v) is 16.3. The number of esters is 1. The Labute approximate surface area is 160 Å². The van der Waals surface area contributed by atoms with Crippen molar-refractivity contribution in [1.29, 1.82) is 0 Å². The molecule has 132 valence electrons. The number of fused-ring (bicyclic) bond motifs is 1. The van der Waals surface area contributed by atoms with Crippen LogP contribution in [0, 0.1) is 0 Å². The van der Waals surface area contributed by atoms with E-state index >= 15 is 0 Å². The van der Waals surface area contributed by atoms with Gasteiger partial charge in [-0.2, -0.15) is 0 Å². The summed E-state index contributed by atoms with van der Waals surface area (Å²) in [6, 6.07) is 24.5. The molecule has 1 aliphatic carbocycles.